The quantitative estimate of drug-likeness (QED) is 0.281. The van der Waals surface area contributed by atoms with Crippen LogP contribution in [-0.2, 0) is 0 Å². The minimum Gasteiger partial charge on any atom is -0.296 e. The maximum Gasteiger partial charge on any atom is 0.283 e. The predicted molar refractivity (Wildman–Crippen MR) is 54.0 cm³/mol. The van der Waals surface area contributed by atoms with Crippen molar-refractivity contribution in [2.24, 2.45) is 0 Å². The van der Waals surface area contributed by atoms with Crippen LogP contribution in [0.15, 0.2) is 6.07 Å². The third-order valence-corrected chi connectivity index (χ3v) is 2.11. The number of carbonyl (C=O) groups is 1. The van der Waals surface area contributed by atoms with Gasteiger partial charge in [-0.05, 0) is 22.6 Å². The first-order valence-electron chi connectivity index (χ1n) is 3.55. The summed E-state index contributed by atoms with van der Waals surface area (Å²) in [6, 6.07) is 0.898. The molecule has 0 fully saturated rings. The summed E-state index contributed by atoms with van der Waals surface area (Å²) in [6.45, 7) is 0. The molecule has 5 nitrogen and oxygen atoms in total. The highest BCUT2D eigenvalue weighted by Gasteiger charge is 2.27. The molecule has 0 saturated heterocycles. The van der Waals surface area contributed by atoms with Crippen molar-refractivity contribution in [3.05, 3.63) is 31.1 Å². The van der Waals surface area contributed by atoms with E-state index in [-0.39, 0.29) is 9.99 Å². The smallest absolute Gasteiger partial charge is 0.283 e. The molecular formula is C7H3F2IN2O3. The predicted octanol–water partition coefficient (Wildman–Crippen LogP) is 2.34. The van der Waals surface area contributed by atoms with Crippen LogP contribution in [0.2, 0.25) is 0 Å². The number of aromatic nitrogens is 1. The average molecular weight is 328 g/mol. The van der Waals surface area contributed by atoms with E-state index in [2.05, 4.69) is 4.98 Å². The first-order chi connectivity index (χ1) is 6.97. The summed E-state index contributed by atoms with van der Waals surface area (Å²) in [5.41, 5.74) is -2.31. The van der Waals surface area contributed by atoms with Gasteiger partial charge in [-0.1, -0.05) is 0 Å². The molecule has 1 aromatic heterocycles. The average Bonchev–Trinajstić information content (AvgIpc) is 2.15. The number of halogens is 3. The zero-order valence-corrected chi connectivity index (χ0v) is 9.14. The first kappa shape index (κ1) is 11.9. The van der Waals surface area contributed by atoms with Gasteiger partial charge in [0.15, 0.2) is 6.29 Å². The molecular weight excluding hydrogens is 325 g/mol. The molecule has 1 aromatic rings. The van der Waals surface area contributed by atoms with Gasteiger partial charge < -0.3 is 0 Å². The highest BCUT2D eigenvalue weighted by Crippen LogP contribution is 2.31. The van der Waals surface area contributed by atoms with Gasteiger partial charge in [0.25, 0.3) is 12.1 Å². The summed E-state index contributed by atoms with van der Waals surface area (Å²) in [5.74, 6) is 0. The summed E-state index contributed by atoms with van der Waals surface area (Å²) in [7, 11) is 0. The number of rotatable bonds is 3. The Hall–Kier alpha value is -1.19. The second-order valence-corrected chi connectivity index (χ2v) is 3.54. The molecule has 1 heterocycles. The van der Waals surface area contributed by atoms with E-state index in [1.165, 1.54) is 0 Å². The Morgan fingerprint density at radius 1 is 1.60 bits per heavy atom. The Bertz CT molecular complexity index is 425. The van der Waals surface area contributed by atoms with E-state index < -0.39 is 28.3 Å². The molecule has 0 spiro atoms. The molecule has 8 heteroatoms. The van der Waals surface area contributed by atoms with Gasteiger partial charge in [-0.3, -0.25) is 14.9 Å². The van der Waals surface area contributed by atoms with Gasteiger partial charge in [-0.25, -0.2) is 13.8 Å². The van der Waals surface area contributed by atoms with E-state index in [1.54, 1.807) is 22.6 Å². The van der Waals surface area contributed by atoms with E-state index in [0.29, 0.717) is 0 Å². The number of nitro groups is 1. The molecule has 0 N–H and O–H groups in total. The largest absolute Gasteiger partial charge is 0.296 e. The summed E-state index contributed by atoms with van der Waals surface area (Å²) in [6.07, 6.45) is -3.02. The van der Waals surface area contributed by atoms with Crippen molar-refractivity contribution >= 4 is 34.6 Å². The number of hydrogen-bond acceptors (Lipinski definition) is 4. The Balaban J connectivity index is 3.54. The van der Waals surface area contributed by atoms with Crippen molar-refractivity contribution < 1.29 is 18.5 Å². The summed E-state index contributed by atoms with van der Waals surface area (Å²) in [4.78, 5) is 23.4. The van der Waals surface area contributed by atoms with Crippen molar-refractivity contribution in [2.45, 2.75) is 6.43 Å². The normalized spacial score (nSPS) is 10.4. The zero-order chi connectivity index (χ0) is 11.6. The van der Waals surface area contributed by atoms with Crippen LogP contribution < -0.4 is 0 Å². The molecule has 0 amide bonds. The van der Waals surface area contributed by atoms with E-state index in [0.717, 1.165) is 6.07 Å². The van der Waals surface area contributed by atoms with Crippen molar-refractivity contribution in [2.75, 3.05) is 0 Å². The minimum absolute atomic E-state index is 0.0800. The molecule has 0 atom stereocenters. The van der Waals surface area contributed by atoms with Crippen LogP contribution in [0.4, 0.5) is 14.5 Å². The molecule has 0 radical (unpaired) electrons. The van der Waals surface area contributed by atoms with E-state index in [9.17, 15) is 23.7 Å². The van der Waals surface area contributed by atoms with Crippen LogP contribution in [0.1, 0.15) is 22.5 Å². The molecule has 0 aliphatic heterocycles. The Labute approximate surface area is 95.8 Å². The molecule has 15 heavy (non-hydrogen) atoms. The first-order valence-corrected chi connectivity index (χ1v) is 4.63. The number of alkyl halides is 2. The maximum atomic E-state index is 12.5. The molecule has 0 aliphatic carbocycles. The second-order valence-electron chi connectivity index (χ2n) is 2.44. The van der Waals surface area contributed by atoms with Gasteiger partial charge >= 0.3 is 0 Å². The van der Waals surface area contributed by atoms with Gasteiger partial charge in [-0.15, -0.1) is 0 Å². The van der Waals surface area contributed by atoms with Gasteiger partial charge in [0.2, 0.25) is 0 Å². The van der Waals surface area contributed by atoms with Crippen molar-refractivity contribution in [1.29, 1.82) is 0 Å². The SMILES string of the molecule is O=Cc1nc(I)cc([N+](=O)[O-])c1C(F)F. The fourth-order valence-electron chi connectivity index (χ4n) is 0.994. The van der Waals surface area contributed by atoms with Gasteiger partial charge in [0.05, 0.1) is 4.92 Å². The van der Waals surface area contributed by atoms with Gasteiger partial charge in [-0.2, -0.15) is 0 Å². The molecule has 0 aromatic carbocycles. The zero-order valence-electron chi connectivity index (χ0n) is 6.99. The number of carbonyl (C=O) groups excluding carboxylic acids is 1. The number of pyridine rings is 1. The van der Waals surface area contributed by atoms with Crippen LogP contribution in [0.3, 0.4) is 0 Å². The third kappa shape index (κ3) is 2.43. The van der Waals surface area contributed by atoms with Crippen LogP contribution in [0, 0.1) is 13.8 Å². The Kier molecular flexibility index (Phi) is 3.61. The van der Waals surface area contributed by atoms with Crippen LogP contribution in [-0.4, -0.2) is 16.2 Å². The van der Waals surface area contributed by atoms with Gasteiger partial charge in [0.1, 0.15) is 15.0 Å². The highest BCUT2D eigenvalue weighted by atomic mass is 127. The lowest BCUT2D eigenvalue weighted by molar-refractivity contribution is -0.386. The standard InChI is InChI=1S/C7H3F2IN2O3/c8-7(9)6-3(2-13)11-5(10)1-4(6)12(14)15/h1-2,7H. The fourth-order valence-corrected chi connectivity index (χ4v) is 1.55. The Morgan fingerprint density at radius 2 is 2.20 bits per heavy atom. The minimum atomic E-state index is -3.10. The van der Waals surface area contributed by atoms with Crippen LogP contribution in [0.25, 0.3) is 0 Å². The topological polar surface area (TPSA) is 73.1 Å². The van der Waals surface area contributed by atoms with Crippen LogP contribution in [0.5, 0.6) is 0 Å². The van der Waals surface area contributed by atoms with Crippen molar-refractivity contribution in [3.8, 4) is 0 Å². The molecule has 1 rings (SSSR count). The number of nitrogens with zero attached hydrogens (tertiary/aromatic N) is 2. The van der Waals surface area contributed by atoms with E-state index in [4.69, 9.17) is 0 Å². The second kappa shape index (κ2) is 4.55. The molecule has 0 aliphatic rings. The van der Waals surface area contributed by atoms with Gasteiger partial charge in [0, 0.05) is 6.07 Å². The molecule has 80 valence electrons. The Morgan fingerprint density at radius 3 is 2.60 bits per heavy atom. The van der Waals surface area contributed by atoms with Crippen molar-refractivity contribution in [3.63, 3.8) is 0 Å². The third-order valence-electron chi connectivity index (χ3n) is 1.56. The molecule has 0 bridgehead atoms. The lowest BCUT2D eigenvalue weighted by Gasteiger charge is -2.04. The lowest BCUT2D eigenvalue weighted by Crippen LogP contribution is -2.04. The fraction of sp³-hybridized carbons (Fsp3) is 0.143. The summed E-state index contributed by atoms with van der Waals surface area (Å²) in [5, 5.41) is 10.5. The number of aldehydes is 1. The van der Waals surface area contributed by atoms with E-state index in [1.807, 2.05) is 0 Å². The summed E-state index contributed by atoms with van der Waals surface area (Å²) >= 11 is 1.61. The number of hydrogen-bond donors (Lipinski definition) is 0. The molecule has 0 unspecified atom stereocenters. The van der Waals surface area contributed by atoms with Crippen LogP contribution >= 0.6 is 22.6 Å². The maximum absolute atomic E-state index is 12.5. The van der Waals surface area contributed by atoms with E-state index >= 15 is 0 Å². The van der Waals surface area contributed by atoms with Crippen molar-refractivity contribution in [1.82, 2.24) is 4.98 Å². The molecule has 0 saturated carbocycles. The highest BCUT2D eigenvalue weighted by molar-refractivity contribution is 14.1. The monoisotopic (exact) mass is 328 g/mol. The lowest BCUT2D eigenvalue weighted by atomic mass is 10.2. The summed E-state index contributed by atoms with van der Waals surface area (Å²) < 4.78 is 25.0.